The molecule has 1 aliphatic rings. The molecule has 1 heterocycles. The second-order valence-electron chi connectivity index (χ2n) is 3.71. The Morgan fingerprint density at radius 1 is 1.47 bits per heavy atom. The summed E-state index contributed by atoms with van der Waals surface area (Å²) in [6, 6.07) is 6.23. The van der Waals surface area contributed by atoms with Gasteiger partial charge in [-0.15, -0.1) is 0 Å². The number of benzene rings is 1. The number of hydrogen-bond acceptors (Lipinski definition) is 5. The Morgan fingerprint density at radius 2 is 2.29 bits per heavy atom. The van der Waals surface area contributed by atoms with Gasteiger partial charge in [0, 0.05) is 12.6 Å². The van der Waals surface area contributed by atoms with Crippen LogP contribution in [0.4, 0.5) is 11.4 Å². The van der Waals surface area contributed by atoms with Crippen molar-refractivity contribution in [2.24, 2.45) is 0 Å². The van der Waals surface area contributed by atoms with E-state index in [0.29, 0.717) is 24.4 Å². The Hall–Kier alpha value is -2.13. The minimum absolute atomic E-state index is 0.0362. The van der Waals surface area contributed by atoms with Gasteiger partial charge in [-0.2, -0.15) is 5.26 Å². The Bertz CT molecular complexity index is 475. The van der Waals surface area contributed by atoms with E-state index in [2.05, 4.69) is 0 Å². The maximum Gasteiger partial charge on any atom is 0.294 e. The maximum atomic E-state index is 10.9. The van der Waals surface area contributed by atoms with Gasteiger partial charge >= 0.3 is 0 Å². The molecular formula is C11H11N3O3. The van der Waals surface area contributed by atoms with Gasteiger partial charge in [0.15, 0.2) is 0 Å². The Balaban J connectivity index is 2.41. The van der Waals surface area contributed by atoms with Crippen LogP contribution >= 0.6 is 0 Å². The van der Waals surface area contributed by atoms with Gasteiger partial charge in [0.1, 0.15) is 5.69 Å². The fourth-order valence-electron chi connectivity index (χ4n) is 1.73. The summed E-state index contributed by atoms with van der Waals surface area (Å²) in [4.78, 5) is 15.8. The summed E-state index contributed by atoms with van der Waals surface area (Å²) in [5.41, 5.74) is 0.708. The smallest absolute Gasteiger partial charge is 0.273 e. The first-order valence-corrected chi connectivity index (χ1v) is 5.31. The topological polar surface area (TPSA) is 79.4 Å². The fourth-order valence-corrected chi connectivity index (χ4v) is 1.73. The normalized spacial score (nSPS) is 15.4. The van der Waals surface area contributed by atoms with Gasteiger partial charge in [-0.1, -0.05) is 0 Å². The van der Waals surface area contributed by atoms with E-state index >= 15 is 0 Å². The van der Waals surface area contributed by atoms with E-state index in [-0.39, 0.29) is 5.69 Å². The van der Waals surface area contributed by atoms with Crippen molar-refractivity contribution >= 4 is 11.4 Å². The Labute approximate surface area is 98.1 Å². The van der Waals surface area contributed by atoms with Crippen LogP contribution in [0.2, 0.25) is 0 Å². The van der Waals surface area contributed by atoms with Crippen molar-refractivity contribution in [3.05, 3.63) is 33.9 Å². The van der Waals surface area contributed by atoms with E-state index in [1.807, 2.05) is 6.07 Å². The quantitative estimate of drug-likeness (QED) is 0.576. The number of nitriles is 1. The highest BCUT2D eigenvalue weighted by Crippen LogP contribution is 2.30. The van der Waals surface area contributed by atoms with Crippen molar-refractivity contribution in [2.75, 3.05) is 18.2 Å². The molecule has 6 heteroatoms. The van der Waals surface area contributed by atoms with Crippen molar-refractivity contribution in [1.29, 1.82) is 5.26 Å². The van der Waals surface area contributed by atoms with Crippen LogP contribution in [0, 0.1) is 21.4 Å². The fraction of sp³-hybridized carbons (Fsp3) is 0.364. The summed E-state index contributed by atoms with van der Waals surface area (Å²) in [7, 11) is 0. The Morgan fingerprint density at radius 3 is 2.88 bits per heavy atom. The van der Waals surface area contributed by atoms with Crippen molar-refractivity contribution in [3.63, 3.8) is 0 Å². The molecule has 1 aliphatic heterocycles. The van der Waals surface area contributed by atoms with Gasteiger partial charge in [-0.25, -0.2) is 5.06 Å². The third-order valence-electron chi connectivity index (χ3n) is 2.57. The minimum Gasteiger partial charge on any atom is -0.273 e. The highest BCUT2D eigenvalue weighted by Gasteiger charge is 2.22. The average molecular weight is 233 g/mol. The lowest BCUT2D eigenvalue weighted by molar-refractivity contribution is -0.384. The predicted molar refractivity (Wildman–Crippen MR) is 60.3 cm³/mol. The zero-order valence-corrected chi connectivity index (χ0v) is 9.13. The third-order valence-corrected chi connectivity index (χ3v) is 2.57. The van der Waals surface area contributed by atoms with Crippen LogP contribution in [-0.2, 0) is 4.84 Å². The first-order chi connectivity index (χ1) is 8.22. The Kier molecular flexibility index (Phi) is 3.21. The van der Waals surface area contributed by atoms with Crippen molar-refractivity contribution in [2.45, 2.75) is 12.8 Å². The van der Waals surface area contributed by atoms with Gasteiger partial charge in [-0.05, 0) is 25.0 Å². The van der Waals surface area contributed by atoms with Crippen LogP contribution in [0.15, 0.2) is 18.2 Å². The van der Waals surface area contributed by atoms with Crippen molar-refractivity contribution in [1.82, 2.24) is 0 Å². The van der Waals surface area contributed by atoms with Gasteiger partial charge in [0.2, 0.25) is 0 Å². The molecule has 17 heavy (non-hydrogen) atoms. The van der Waals surface area contributed by atoms with E-state index < -0.39 is 4.92 Å². The molecule has 1 aromatic carbocycles. The van der Waals surface area contributed by atoms with Crippen molar-refractivity contribution in [3.8, 4) is 6.07 Å². The summed E-state index contributed by atoms with van der Waals surface area (Å²) < 4.78 is 0. The molecule has 0 radical (unpaired) electrons. The first-order valence-electron chi connectivity index (χ1n) is 5.31. The zero-order chi connectivity index (χ0) is 12.3. The summed E-state index contributed by atoms with van der Waals surface area (Å²) in [5, 5.41) is 21.2. The second-order valence-corrected chi connectivity index (χ2v) is 3.71. The highest BCUT2D eigenvalue weighted by atomic mass is 16.7. The standard InChI is InChI=1S/C11H11N3O3/c12-8-9-3-4-10(14(15)16)11(7-9)13-5-1-2-6-17-13/h3-4,7H,1-2,5-6H2. The van der Waals surface area contributed by atoms with E-state index in [9.17, 15) is 10.1 Å². The van der Waals surface area contributed by atoms with Crippen LogP contribution < -0.4 is 5.06 Å². The summed E-state index contributed by atoms with van der Waals surface area (Å²) >= 11 is 0. The minimum atomic E-state index is -0.464. The number of nitro benzene ring substituents is 1. The van der Waals surface area contributed by atoms with Gasteiger partial charge < -0.3 is 0 Å². The zero-order valence-electron chi connectivity index (χ0n) is 9.13. The van der Waals surface area contributed by atoms with Crippen LogP contribution in [0.5, 0.6) is 0 Å². The molecule has 6 nitrogen and oxygen atoms in total. The SMILES string of the molecule is N#Cc1ccc([N+](=O)[O-])c(N2CCCCO2)c1. The number of hydroxylamine groups is 1. The summed E-state index contributed by atoms with van der Waals surface area (Å²) in [6.07, 6.45) is 1.87. The second kappa shape index (κ2) is 4.80. The van der Waals surface area contributed by atoms with Crippen molar-refractivity contribution < 1.29 is 9.76 Å². The molecule has 0 N–H and O–H groups in total. The third kappa shape index (κ3) is 2.34. The van der Waals surface area contributed by atoms with Crippen LogP contribution in [0.1, 0.15) is 18.4 Å². The average Bonchev–Trinajstić information content (AvgIpc) is 2.39. The lowest BCUT2D eigenvalue weighted by atomic mass is 10.1. The molecule has 0 unspecified atom stereocenters. The number of nitrogens with zero attached hydrogens (tertiary/aromatic N) is 3. The molecule has 0 aromatic heterocycles. The number of rotatable bonds is 2. The number of hydrogen-bond donors (Lipinski definition) is 0. The summed E-state index contributed by atoms with van der Waals surface area (Å²) in [6.45, 7) is 1.16. The lowest BCUT2D eigenvalue weighted by Gasteiger charge is -2.27. The molecule has 0 amide bonds. The molecule has 0 atom stereocenters. The molecule has 0 bridgehead atoms. The molecule has 0 spiro atoms. The monoisotopic (exact) mass is 233 g/mol. The largest absolute Gasteiger partial charge is 0.294 e. The first kappa shape index (κ1) is 11.4. The molecule has 2 rings (SSSR count). The predicted octanol–water partition coefficient (Wildman–Crippen LogP) is 2.00. The van der Waals surface area contributed by atoms with Crippen LogP contribution in [0.3, 0.4) is 0 Å². The van der Waals surface area contributed by atoms with Gasteiger partial charge in [0.25, 0.3) is 5.69 Å². The van der Waals surface area contributed by atoms with Crippen LogP contribution in [0.25, 0.3) is 0 Å². The molecular weight excluding hydrogens is 222 g/mol. The number of nitro groups is 1. The molecule has 1 fully saturated rings. The highest BCUT2D eigenvalue weighted by molar-refractivity contribution is 5.64. The van der Waals surface area contributed by atoms with Gasteiger partial charge in [-0.3, -0.25) is 15.0 Å². The molecule has 0 saturated carbocycles. The van der Waals surface area contributed by atoms with E-state index in [1.165, 1.54) is 23.3 Å². The molecule has 1 aromatic rings. The van der Waals surface area contributed by atoms with Crippen LogP contribution in [-0.4, -0.2) is 18.1 Å². The van der Waals surface area contributed by atoms with Gasteiger partial charge in [0.05, 0.1) is 23.2 Å². The maximum absolute atomic E-state index is 10.9. The van der Waals surface area contributed by atoms with E-state index in [1.54, 1.807) is 0 Å². The lowest BCUT2D eigenvalue weighted by Crippen LogP contribution is -2.30. The molecule has 0 aliphatic carbocycles. The van der Waals surface area contributed by atoms with E-state index in [0.717, 1.165) is 12.8 Å². The number of anilines is 1. The molecule has 88 valence electrons. The summed E-state index contributed by atoms with van der Waals surface area (Å²) in [5.74, 6) is 0. The van der Waals surface area contributed by atoms with E-state index in [4.69, 9.17) is 10.1 Å². The molecule has 1 saturated heterocycles.